The first-order chi connectivity index (χ1) is 14.1. The lowest BCUT2D eigenvalue weighted by molar-refractivity contribution is -0.136. The molecule has 0 aliphatic heterocycles. The molecule has 1 heterocycles. The van der Waals surface area contributed by atoms with Crippen LogP contribution in [0.5, 0.6) is 5.75 Å². The minimum absolute atomic E-state index is 0.0788. The first-order valence-corrected chi connectivity index (χ1v) is 9.36. The zero-order valence-corrected chi connectivity index (χ0v) is 15.8. The average molecular weight is 387 g/mol. The number of carboxylic acids is 1. The van der Waals surface area contributed by atoms with E-state index in [-0.39, 0.29) is 6.42 Å². The Morgan fingerprint density at radius 2 is 1.86 bits per heavy atom. The highest BCUT2D eigenvalue weighted by Crippen LogP contribution is 2.32. The normalized spacial score (nSPS) is 10.9. The fourth-order valence-corrected chi connectivity index (χ4v) is 3.43. The summed E-state index contributed by atoms with van der Waals surface area (Å²) in [6, 6.07) is 21.3. The second-order valence-electron chi connectivity index (χ2n) is 6.85. The molecule has 0 amide bonds. The van der Waals surface area contributed by atoms with Gasteiger partial charge in [-0.1, -0.05) is 36.4 Å². The Morgan fingerprint density at radius 1 is 1.00 bits per heavy atom. The fourth-order valence-electron chi connectivity index (χ4n) is 3.43. The lowest BCUT2D eigenvalue weighted by Crippen LogP contribution is -2.04. The van der Waals surface area contributed by atoms with Gasteiger partial charge in [0.15, 0.2) is 0 Å². The number of aliphatic carboxylic acids is 1. The van der Waals surface area contributed by atoms with Crippen LogP contribution in [-0.4, -0.2) is 11.1 Å². The summed E-state index contributed by atoms with van der Waals surface area (Å²) < 4.78 is 11.6. The molecule has 3 aromatic carbocycles. The lowest BCUT2D eigenvalue weighted by Gasteiger charge is -2.12. The number of para-hydroxylation sites is 1. The molecule has 4 rings (SSSR count). The molecule has 0 aliphatic carbocycles. The topological polar surface area (TPSA) is 85.7 Å². The highest BCUT2D eigenvalue weighted by molar-refractivity contribution is 5.94. The number of fused-ring (bicyclic) bond motifs is 1. The SMILES string of the molecule is NCc1cccc(-c2cc(COc3ccccc3CC(=O)O)cc3occc23)c1. The van der Waals surface area contributed by atoms with Gasteiger partial charge in [0, 0.05) is 17.5 Å². The van der Waals surface area contributed by atoms with Crippen LogP contribution in [-0.2, 0) is 24.4 Å². The van der Waals surface area contributed by atoms with Crippen molar-refractivity contribution < 1.29 is 19.1 Å². The number of benzene rings is 3. The van der Waals surface area contributed by atoms with Crippen molar-refractivity contribution in [2.45, 2.75) is 19.6 Å². The molecule has 0 saturated carbocycles. The van der Waals surface area contributed by atoms with Gasteiger partial charge in [-0.25, -0.2) is 0 Å². The number of rotatable bonds is 7. The van der Waals surface area contributed by atoms with Crippen LogP contribution in [0, 0.1) is 0 Å². The molecule has 0 bridgehead atoms. The minimum atomic E-state index is -0.889. The third-order valence-corrected chi connectivity index (χ3v) is 4.81. The zero-order valence-electron chi connectivity index (χ0n) is 15.8. The van der Waals surface area contributed by atoms with E-state index >= 15 is 0 Å². The Morgan fingerprint density at radius 3 is 2.69 bits per heavy atom. The van der Waals surface area contributed by atoms with Crippen LogP contribution in [0.4, 0.5) is 0 Å². The molecule has 29 heavy (non-hydrogen) atoms. The maximum Gasteiger partial charge on any atom is 0.307 e. The molecule has 0 aliphatic rings. The van der Waals surface area contributed by atoms with Gasteiger partial charge in [-0.3, -0.25) is 4.79 Å². The molecule has 0 spiro atoms. The van der Waals surface area contributed by atoms with Gasteiger partial charge in [-0.05, 0) is 52.6 Å². The van der Waals surface area contributed by atoms with E-state index in [4.69, 9.17) is 20.0 Å². The summed E-state index contributed by atoms with van der Waals surface area (Å²) in [7, 11) is 0. The number of nitrogens with two attached hydrogens (primary N) is 1. The first-order valence-electron chi connectivity index (χ1n) is 9.36. The summed E-state index contributed by atoms with van der Waals surface area (Å²) in [5.41, 5.74) is 11.3. The van der Waals surface area contributed by atoms with E-state index in [1.165, 1.54) is 0 Å². The van der Waals surface area contributed by atoms with Gasteiger partial charge in [0.05, 0.1) is 12.7 Å². The van der Waals surface area contributed by atoms with Crippen molar-refractivity contribution in [3.05, 3.63) is 89.7 Å². The van der Waals surface area contributed by atoms with Crippen molar-refractivity contribution in [2.75, 3.05) is 0 Å². The quantitative estimate of drug-likeness (QED) is 0.477. The van der Waals surface area contributed by atoms with Gasteiger partial charge >= 0.3 is 5.97 Å². The van der Waals surface area contributed by atoms with E-state index < -0.39 is 5.97 Å². The van der Waals surface area contributed by atoms with E-state index in [1.54, 1.807) is 18.4 Å². The van der Waals surface area contributed by atoms with Crippen LogP contribution in [0.25, 0.3) is 22.1 Å². The van der Waals surface area contributed by atoms with Crippen LogP contribution in [0.15, 0.2) is 77.4 Å². The number of hydrogen-bond donors (Lipinski definition) is 2. The molecule has 0 radical (unpaired) electrons. The predicted octanol–water partition coefficient (Wildman–Crippen LogP) is 4.76. The Labute approximate surface area is 168 Å². The van der Waals surface area contributed by atoms with Crippen LogP contribution in [0.1, 0.15) is 16.7 Å². The Balaban J connectivity index is 1.67. The highest BCUT2D eigenvalue weighted by Gasteiger charge is 2.12. The van der Waals surface area contributed by atoms with Crippen LogP contribution in [0.3, 0.4) is 0 Å². The van der Waals surface area contributed by atoms with E-state index in [9.17, 15) is 4.79 Å². The van der Waals surface area contributed by atoms with Gasteiger partial charge < -0.3 is 20.0 Å². The molecule has 0 atom stereocenters. The van der Waals surface area contributed by atoms with Gasteiger partial charge in [0.25, 0.3) is 0 Å². The largest absolute Gasteiger partial charge is 0.489 e. The third-order valence-electron chi connectivity index (χ3n) is 4.81. The molecular weight excluding hydrogens is 366 g/mol. The summed E-state index contributed by atoms with van der Waals surface area (Å²) >= 11 is 0. The van der Waals surface area contributed by atoms with Crippen molar-refractivity contribution in [1.82, 2.24) is 0 Å². The minimum Gasteiger partial charge on any atom is -0.489 e. The van der Waals surface area contributed by atoms with Crippen molar-refractivity contribution in [1.29, 1.82) is 0 Å². The van der Waals surface area contributed by atoms with Gasteiger partial charge in [-0.15, -0.1) is 0 Å². The Hall–Kier alpha value is -3.57. The van der Waals surface area contributed by atoms with Gasteiger partial charge in [0.2, 0.25) is 0 Å². The Kier molecular flexibility index (Phi) is 5.31. The average Bonchev–Trinajstić information content (AvgIpc) is 3.21. The molecular formula is C24H21NO4. The third kappa shape index (κ3) is 4.15. The molecule has 0 saturated heterocycles. The van der Waals surface area contributed by atoms with E-state index in [0.717, 1.165) is 33.2 Å². The second-order valence-corrected chi connectivity index (χ2v) is 6.85. The molecule has 0 unspecified atom stereocenters. The van der Waals surface area contributed by atoms with Crippen LogP contribution in [0.2, 0.25) is 0 Å². The number of hydrogen-bond acceptors (Lipinski definition) is 4. The second kappa shape index (κ2) is 8.20. The number of carboxylic acid groups (broad SMARTS) is 1. The van der Waals surface area contributed by atoms with Crippen molar-refractivity contribution in [2.24, 2.45) is 5.73 Å². The molecule has 3 N–H and O–H groups in total. The van der Waals surface area contributed by atoms with Crippen molar-refractivity contribution in [3.8, 4) is 16.9 Å². The molecule has 4 aromatic rings. The summed E-state index contributed by atoms with van der Waals surface area (Å²) in [5.74, 6) is -0.318. The van der Waals surface area contributed by atoms with E-state index in [1.807, 2.05) is 42.5 Å². The van der Waals surface area contributed by atoms with Gasteiger partial charge in [0.1, 0.15) is 17.9 Å². The number of ether oxygens (including phenoxy) is 1. The number of furan rings is 1. The predicted molar refractivity (Wildman–Crippen MR) is 112 cm³/mol. The molecule has 146 valence electrons. The molecule has 5 heteroatoms. The lowest BCUT2D eigenvalue weighted by atomic mass is 9.98. The molecule has 0 fully saturated rings. The smallest absolute Gasteiger partial charge is 0.307 e. The zero-order chi connectivity index (χ0) is 20.2. The summed E-state index contributed by atoms with van der Waals surface area (Å²) in [6.45, 7) is 0.780. The van der Waals surface area contributed by atoms with Crippen molar-refractivity contribution >= 4 is 16.9 Å². The fraction of sp³-hybridized carbons (Fsp3) is 0.125. The molecule has 1 aromatic heterocycles. The standard InChI is InChI=1S/C24H21NO4/c25-14-16-4-3-6-18(10-16)21-11-17(12-23-20(21)8-9-28-23)15-29-22-7-2-1-5-19(22)13-24(26)27/h1-12H,13-15,25H2,(H,26,27). The summed E-state index contributed by atoms with van der Waals surface area (Å²) in [6.07, 6.45) is 1.60. The highest BCUT2D eigenvalue weighted by atomic mass is 16.5. The maximum absolute atomic E-state index is 11.1. The van der Waals surface area contributed by atoms with E-state index in [2.05, 4.69) is 12.1 Å². The maximum atomic E-state index is 11.1. The van der Waals surface area contributed by atoms with Crippen molar-refractivity contribution in [3.63, 3.8) is 0 Å². The summed E-state index contributed by atoms with van der Waals surface area (Å²) in [5, 5.41) is 10.1. The van der Waals surface area contributed by atoms with E-state index in [0.29, 0.717) is 24.5 Å². The summed E-state index contributed by atoms with van der Waals surface area (Å²) in [4.78, 5) is 11.1. The molecule has 5 nitrogen and oxygen atoms in total. The number of carbonyl (C=O) groups is 1. The first kappa shape index (κ1) is 18.8. The van der Waals surface area contributed by atoms with Crippen LogP contribution < -0.4 is 10.5 Å². The Bertz CT molecular complexity index is 1160. The monoisotopic (exact) mass is 387 g/mol. The van der Waals surface area contributed by atoms with Gasteiger partial charge in [-0.2, -0.15) is 0 Å². The van der Waals surface area contributed by atoms with Crippen LogP contribution >= 0.6 is 0 Å².